The van der Waals surface area contributed by atoms with Crippen LogP contribution in [0.25, 0.3) is 5.69 Å². The Morgan fingerprint density at radius 3 is 2.30 bits per heavy atom. The highest BCUT2D eigenvalue weighted by Gasteiger charge is 2.29. The van der Waals surface area contributed by atoms with Gasteiger partial charge in [0.1, 0.15) is 21.4 Å². The Morgan fingerprint density at radius 2 is 1.64 bits per heavy atom. The number of benzene rings is 2. The van der Waals surface area contributed by atoms with E-state index in [0.717, 1.165) is 23.1 Å². The van der Waals surface area contributed by atoms with E-state index in [9.17, 15) is 23.6 Å². The number of hydrogen-bond donors (Lipinski definition) is 2. The van der Waals surface area contributed by atoms with Crippen LogP contribution < -0.4 is 15.4 Å². The minimum Gasteiger partial charge on any atom is -0.494 e. The number of esters is 2. The van der Waals surface area contributed by atoms with E-state index in [2.05, 4.69) is 20.8 Å². The van der Waals surface area contributed by atoms with E-state index >= 15 is 0 Å². The number of ether oxygens (including phenoxy) is 3. The predicted molar refractivity (Wildman–Crippen MR) is 175 cm³/mol. The third kappa shape index (κ3) is 8.34. The van der Waals surface area contributed by atoms with Crippen molar-refractivity contribution in [2.45, 2.75) is 51.6 Å². The molecule has 12 nitrogen and oxygen atoms in total. The van der Waals surface area contributed by atoms with Crippen LogP contribution in [0.5, 0.6) is 5.75 Å². The number of thiophene rings is 1. The van der Waals surface area contributed by atoms with E-state index in [1.54, 1.807) is 62.6 Å². The van der Waals surface area contributed by atoms with Crippen LogP contribution in [-0.2, 0) is 20.8 Å². The first kappa shape index (κ1) is 35.1. The van der Waals surface area contributed by atoms with Gasteiger partial charge in [-0.3, -0.25) is 14.2 Å². The summed E-state index contributed by atoms with van der Waals surface area (Å²) in [4.78, 5) is 51.7. The second-order valence-corrected chi connectivity index (χ2v) is 12.1. The van der Waals surface area contributed by atoms with E-state index in [-0.39, 0.29) is 40.8 Å². The van der Waals surface area contributed by atoms with Gasteiger partial charge in [-0.1, -0.05) is 23.9 Å². The molecule has 0 saturated heterocycles. The van der Waals surface area contributed by atoms with Crippen molar-refractivity contribution in [1.29, 1.82) is 0 Å². The monoisotopic (exact) mass is 683 g/mol. The first-order chi connectivity index (χ1) is 22.6. The van der Waals surface area contributed by atoms with Gasteiger partial charge in [0.25, 0.3) is 5.91 Å². The van der Waals surface area contributed by atoms with Crippen molar-refractivity contribution < 1.29 is 37.8 Å². The topological polar surface area (TPSA) is 151 Å². The van der Waals surface area contributed by atoms with Gasteiger partial charge in [-0.15, -0.1) is 21.5 Å². The molecule has 0 spiro atoms. The highest BCUT2D eigenvalue weighted by molar-refractivity contribution is 8.00. The molecule has 1 atom stereocenters. The minimum atomic E-state index is -0.773. The van der Waals surface area contributed by atoms with Crippen molar-refractivity contribution >= 4 is 51.9 Å². The van der Waals surface area contributed by atoms with Crippen LogP contribution in [0.15, 0.2) is 53.7 Å². The maximum atomic E-state index is 14.2. The van der Waals surface area contributed by atoms with Gasteiger partial charge in [-0.05, 0) is 76.6 Å². The molecule has 47 heavy (non-hydrogen) atoms. The molecule has 2 N–H and O–H groups in total. The number of nitrogens with zero attached hydrogens (tertiary/aromatic N) is 3. The zero-order valence-corrected chi connectivity index (χ0v) is 28.1. The lowest BCUT2D eigenvalue weighted by Crippen LogP contribution is -2.26. The molecule has 0 aliphatic carbocycles. The molecule has 4 rings (SSSR count). The average molecular weight is 684 g/mol. The Kier molecular flexibility index (Phi) is 12.1. The summed E-state index contributed by atoms with van der Waals surface area (Å²) in [5, 5.41) is 13.7. The normalized spacial score (nSPS) is 11.4. The van der Waals surface area contributed by atoms with Crippen LogP contribution >= 0.6 is 23.1 Å². The number of carbonyl (C=O) groups is 4. The molecule has 2 heterocycles. The maximum Gasteiger partial charge on any atom is 0.348 e. The molecule has 0 radical (unpaired) electrons. The Hall–Kier alpha value is -4.76. The number of rotatable bonds is 14. The minimum absolute atomic E-state index is 0.0795. The summed E-state index contributed by atoms with van der Waals surface area (Å²) < 4.78 is 31.7. The highest BCUT2D eigenvalue weighted by Crippen LogP contribution is 2.35. The van der Waals surface area contributed by atoms with Crippen LogP contribution in [0.2, 0.25) is 0 Å². The Bertz CT molecular complexity index is 1760. The molecule has 2 amide bonds. The lowest BCUT2D eigenvalue weighted by Gasteiger charge is -2.15. The second-order valence-electron chi connectivity index (χ2n) is 9.77. The number of amides is 2. The summed E-state index contributed by atoms with van der Waals surface area (Å²) in [7, 11) is 0. The van der Waals surface area contributed by atoms with Gasteiger partial charge in [0.05, 0.1) is 42.7 Å². The molecule has 0 saturated carbocycles. The number of carbonyl (C=O) groups excluding carboxylic acids is 4. The van der Waals surface area contributed by atoms with Gasteiger partial charge in [0, 0.05) is 5.69 Å². The molecule has 248 valence electrons. The summed E-state index contributed by atoms with van der Waals surface area (Å²) in [6.45, 7) is 9.07. The third-order valence-electron chi connectivity index (χ3n) is 6.61. The summed E-state index contributed by atoms with van der Waals surface area (Å²) in [6, 6.07) is 12.7. The smallest absolute Gasteiger partial charge is 0.348 e. The number of aromatic nitrogens is 3. The van der Waals surface area contributed by atoms with Crippen LogP contribution in [0.1, 0.15) is 69.5 Å². The zero-order chi connectivity index (χ0) is 34.1. The van der Waals surface area contributed by atoms with Crippen molar-refractivity contribution in [2.75, 3.05) is 25.1 Å². The summed E-state index contributed by atoms with van der Waals surface area (Å²) in [6.07, 6.45) is 0. The van der Waals surface area contributed by atoms with Crippen molar-refractivity contribution in [3.63, 3.8) is 0 Å². The van der Waals surface area contributed by atoms with E-state index in [1.165, 1.54) is 18.2 Å². The SMILES string of the molecule is CCOC(=O)c1sc(NC(=O)[C@H](C)Sc2nnc(CNC(=O)c3ccccc3F)n2-c2ccc(OCC)cc2)c(C(=O)OCC)c1C. The lowest BCUT2D eigenvalue weighted by atomic mass is 10.1. The van der Waals surface area contributed by atoms with Crippen LogP contribution in [0.3, 0.4) is 0 Å². The standard InChI is InChI=1S/C32H34FN5O7S2/c1-6-43-21-15-13-20(14-16-21)38-24(17-34-28(40)22-11-9-10-12-23(22)33)36-37-32(38)46-19(5)27(39)35-29-25(30(41)44-7-2)18(4)26(47-29)31(42)45-8-3/h9-16,19H,6-8,17H2,1-5H3,(H,34,40)(H,35,39)/t19-/m0/s1. The molecular weight excluding hydrogens is 650 g/mol. The Balaban J connectivity index is 1.60. The lowest BCUT2D eigenvalue weighted by molar-refractivity contribution is -0.115. The first-order valence-electron chi connectivity index (χ1n) is 14.7. The van der Waals surface area contributed by atoms with Crippen molar-refractivity contribution in [2.24, 2.45) is 0 Å². The molecule has 15 heteroatoms. The van der Waals surface area contributed by atoms with Gasteiger partial charge in [0.2, 0.25) is 5.91 Å². The molecule has 0 aliphatic heterocycles. The summed E-state index contributed by atoms with van der Waals surface area (Å²) in [5.41, 5.74) is 0.939. The fraction of sp³-hybridized carbons (Fsp3) is 0.312. The summed E-state index contributed by atoms with van der Waals surface area (Å²) in [5.74, 6) is -2.08. The first-order valence-corrected chi connectivity index (χ1v) is 16.4. The van der Waals surface area contributed by atoms with E-state index in [4.69, 9.17) is 14.2 Å². The van der Waals surface area contributed by atoms with Gasteiger partial charge in [0.15, 0.2) is 11.0 Å². The molecule has 0 bridgehead atoms. The predicted octanol–water partition coefficient (Wildman–Crippen LogP) is 5.58. The second kappa shape index (κ2) is 16.2. The number of anilines is 1. The number of nitrogens with one attached hydrogen (secondary N) is 2. The molecule has 0 fully saturated rings. The largest absolute Gasteiger partial charge is 0.494 e. The number of thioether (sulfide) groups is 1. The molecular formula is C32H34FN5O7S2. The fourth-order valence-corrected chi connectivity index (χ4v) is 6.35. The van der Waals surface area contributed by atoms with Crippen LogP contribution in [0.4, 0.5) is 9.39 Å². The van der Waals surface area contributed by atoms with Gasteiger partial charge < -0.3 is 24.8 Å². The van der Waals surface area contributed by atoms with E-state index < -0.39 is 34.8 Å². The molecule has 2 aromatic heterocycles. The Labute approximate surface area is 279 Å². The quantitative estimate of drug-likeness (QED) is 0.127. The molecule has 0 unspecified atom stereocenters. The molecule has 0 aliphatic rings. The van der Waals surface area contributed by atoms with Crippen molar-refractivity contribution in [3.8, 4) is 11.4 Å². The van der Waals surface area contributed by atoms with Crippen LogP contribution in [0, 0.1) is 12.7 Å². The van der Waals surface area contributed by atoms with Gasteiger partial charge in [-0.25, -0.2) is 14.0 Å². The third-order valence-corrected chi connectivity index (χ3v) is 8.84. The maximum absolute atomic E-state index is 14.2. The van der Waals surface area contributed by atoms with E-state index in [1.807, 2.05) is 6.92 Å². The number of hydrogen-bond acceptors (Lipinski definition) is 11. The number of halogens is 1. The van der Waals surface area contributed by atoms with Gasteiger partial charge >= 0.3 is 11.9 Å². The average Bonchev–Trinajstić information content (AvgIpc) is 3.60. The van der Waals surface area contributed by atoms with Crippen molar-refractivity contribution in [3.05, 3.63) is 81.7 Å². The van der Waals surface area contributed by atoms with Gasteiger partial charge in [-0.2, -0.15) is 0 Å². The Morgan fingerprint density at radius 1 is 0.957 bits per heavy atom. The zero-order valence-electron chi connectivity index (χ0n) is 26.4. The highest BCUT2D eigenvalue weighted by atomic mass is 32.2. The van der Waals surface area contributed by atoms with Crippen LogP contribution in [-0.4, -0.2) is 63.6 Å². The molecule has 2 aromatic carbocycles. The summed E-state index contributed by atoms with van der Waals surface area (Å²) >= 11 is 2.01. The molecule has 4 aromatic rings. The van der Waals surface area contributed by atoms with Crippen molar-refractivity contribution in [1.82, 2.24) is 20.1 Å². The fourth-order valence-electron chi connectivity index (χ4n) is 4.38. The van der Waals surface area contributed by atoms with E-state index in [0.29, 0.717) is 34.6 Å².